The molecule has 0 saturated heterocycles. The maximum atomic E-state index is 12.9. The summed E-state index contributed by atoms with van der Waals surface area (Å²) in [7, 11) is 0. The highest BCUT2D eigenvalue weighted by atomic mass is 16.5. The van der Waals surface area contributed by atoms with E-state index < -0.39 is 0 Å². The average molecular weight is 412 g/mol. The van der Waals surface area contributed by atoms with Gasteiger partial charge in [-0.2, -0.15) is 0 Å². The number of aromatic nitrogens is 2. The van der Waals surface area contributed by atoms with E-state index in [0.29, 0.717) is 24.5 Å². The Hall–Kier alpha value is -3.93. The molecule has 0 radical (unpaired) electrons. The number of pyridine rings is 1. The molecule has 6 heteroatoms. The van der Waals surface area contributed by atoms with Crippen LogP contribution in [0.4, 0.5) is 0 Å². The summed E-state index contributed by atoms with van der Waals surface area (Å²) in [4.78, 5) is 21.3. The number of ether oxygens (including phenoxy) is 2. The van der Waals surface area contributed by atoms with Gasteiger partial charge in [0, 0.05) is 12.3 Å². The first kappa shape index (κ1) is 19.1. The summed E-state index contributed by atoms with van der Waals surface area (Å²) in [6, 6.07) is 21.2. The zero-order valence-electron chi connectivity index (χ0n) is 16.7. The van der Waals surface area contributed by atoms with Crippen LogP contribution in [0.3, 0.4) is 0 Å². The highest BCUT2D eigenvalue weighted by Crippen LogP contribution is 2.33. The van der Waals surface area contributed by atoms with Crippen LogP contribution in [0.25, 0.3) is 11.5 Å². The molecule has 1 atom stereocenters. The molecule has 0 saturated carbocycles. The summed E-state index contributed by atoms with van der Waals surface area (Å²) in [6.45, 7) is 0.763. The van der Waals surface area contributed by atoms with Crippen LogP contribution in [0, 0.1) is 5.92 Å². The molecule has 0 aliphatic carbocycles. The van der Waals surface area contributed by atoms with Crippen LogP contribution in [0.5, 0.6) is 11.5 Å². The molecular weight excluding hydrogens is 392 g/mol. The number of carbonyl (C=O) groups is 1. The lowest BCUT2D eigenvalue weighted by Crippen LogP contribution is -2.28. The van der Waals surface area contributed by atoms with Gasteiger partial charge in [-0.15, -0.1) is 0 Å². The van der Waals surface area contributed by atoms with Crippen LogP contribution in [0.15, 0.2) is 83.5 Å². The third-order valence-electron chi connectivity index (χ3n) is 5.20. The second-order valence-electron chi connectivity index (χ2n) is 7.36. The molecule has 2 aromatic heterocycles. The zero-order chi connectivity index (χ0) is 21.0. The molecule has 1 aliphatic rings. The maximum absolute atomic E-state index is 12.9. The number of nitrogens with zero attached hydrogens (tertiary/aromatic N) is 2. The Morgan fingerprint density at radius 2 is 1.90 bits per heavy atom. The van der Waals surface area contributed by atoms with Crippen molar-refractivity contribution in [3.05, 3.63) is 96.1 Å². The summed E-state index contributed by atoms with van der Waals surface area (Å²) in [5.41, 5.74) is 2.71. The maximum Gasteiger partial charge on any atom is 0.264 e. The Morgan fingerprint density at radius 1 is 1.03 bits per heavy atom. The fourth-order valence-corrected chi connectivity index (χ4v) is 3.54. The lowest BCUT2D eigenvalue weighted by molar-refractivity contribution is 0.0819. The van der Waals surface area contributed by atoms with E-state index in [2.05, 4.69) is 9.97 Å². The van der Waals surface area contributed by atoms with Crippen LogP contribution in [-0.2, 0) is 13.0 Å². The monoisotopic (exact) mass is 412 g/mol. The van der Waals surface area contributed by atoms with Crippen molar-refractivity contribution in [2.45, 2.75) is 13.0 Å². The minimum atomic E-state index is -0.348. The molecule has 5 rings (SSSR count). The fourth-order valence-electron chi connectivity index (χ4n) is 3.54. The largest absolute Gasteiger partial charge is 0.492 e. The van der Waals surface area contributed by atoms with E-state index >= 15 is 0 Å². The number of hydrogen-bond donors (Lipinski definition) is 0. The molecule has 0 fully saturated rings. The van der Waals surface area contributed by atoms with Gasteiger partial charge in [0.1, 0.15) is 23.8 Å². The van der Waals surface area contributed by atoms with Gasteiger partial charge in [0.15, 0.2) is 5.76 Å². The summed E-state index contributed by atoms with van der Waals surface area (Å²) in [5.74, 6) is 1.52. The van der Waals surface area contributed by atoms with Gasteiger partial charge < -0.3 is 13.9 Å². The Kier molecular flexibility index (Phi) is 5.19. The normalized spacial score (nSPS) is 15.0. The number of Topliss-reactive ketones (excluding diaryl/α,β-unsaturated/α-hetero) is 1. The van der Waals surface area contributed by atoms with E-state index in [9.17, 15) is 4.79 Å². The smallest absolute Gasteiger partial charge is 0.264 e. The molecule has 1 aliphatic heterocycles. The van der Waals surface area contributed by atoms with Gasteiger partial charge >= 0.3 is 0 Å². The van der Waals surface area contributed by atoms with Gasteiger partial charge in [0.05, 0.1) is 18.7 Å². The van der Waals surface area contributed by atoms with E-state index in [1.165, 1.54) is 6.20 Å². The minimum Gasteiger partial charge on any atom is -0.492 e. The van der Waals surface area contributed by atoms with Crippen molar-refractivity contribution in [2.75, 3.05) is 6.61 Å². The predicted molar refractivity (Wildman–Crippen MR) is 114 cm³/mol. The number of fused-ring (bicyclic) bond motifs is 1. The quantitative estimate of drug-likeness (QED) is 0.426. The highest BCUT2D eigenvalue weighted by molar-refractivity contribution is 5.94. The first-order valence-electron chi connectivity index (χ1n) is 10.1. The lowest BCUT2D eigenvalue weighted by atomic mass is 9.93. The number of rotatable bonds is 6. The number of hydrogen-bond acceptors (Lipinski definition) is 6. The second kappa shape index (κ2) is 8.44. The van der Waals surface area contributed by atoms with Gasteiger partial charge in [0.2, 0.25) is 5.78 Å². The summed E-state index contributed by atoms with van der Waals surface area (Å²) < 4.78 is 17.4. The van der Waals surface area contributed by atoms with E-state index in [1.807, 2.05) is 66.7 Å². The Balaban J connectivity index is 1.25. The topological polar surface area (TPSA) is 74.5 Å². The van der Waals surface area contributed by atoms with Crippen molar-refractivity contribution in [1.82, 2.24) is 9.97 Å². The van der Waals surface area contributed by atoms with E-state index in [0.717, 1.165) is 22.6 Å². The minimum absolute atomic E-state index is 0.0838. The van der Waals surface area contributed by atoms with Gasteiger partial charge in [-0.1, -0.05) is 42.5 Å². The number of ketones is 1. The molecule has 2 aromatic carbocycles. The van der Waals surface area contributed by atoms with E-state index in [4.69, 9.17) is 13.9 Å². The standard InChI is InChI=1S/C25H20N2O4/c28-24(25-27-14-23(31-25)21-8-4-5-11-26-21)19-12-18-9-10-20(13-22(18)30-16-19)29-15-17-6-2-1-3-7-17/h1-11,13-14,19H,12,15-16H2/t19-/m0/s1. The Morgan fingerprint density at radius 3 is 2.74 bits per heavy atom. The number of carbonyl (C=O) groups excluding carboxylic acids is 1. The third-order valence-corrected chi connectivity index (χ3v) is 5.20. The molecule has 31 heavy (non-hydrogen) atoms. The van der Waals surface area contributed by atoms with Crippen molar-refractivity contribution in [3.8, 4) is 23.0 Å². The van der Waals surface area contributed by atoms with Crippen LogP contribution >= 0.6 is 0 Å². The lowest BCUT2D eigenvalue weighted by Gasteiger charge is -2.24. The Labute approximate surface area is 179 Å². The summed E-state index contributed by atoms with van der Waals surface area (Å²) in [6.07, 6.45) is 3.76. The van der Waals surface area contributed by atoms with Gasteiger partial charge in [0.25, 0.3) is 5.89 Å². The zero-order valence-corrected chi connectivity index (χ0v) is 16.7. The molecular formula is C25H20N2O4. The molecule has 3 heterocycles. The van der Waals surface area contributed by atoms with Crippen molar-refractivity contribution in [1.29, 1.82) is 0 Å². The number of oxazole rings is 1. The predicted octanol–water partition coefficient (Wildman–Crippen LogP) is 4.75. The van der Waals surface area contributed by atoms with Crippen LogP contribution < -0.4 is 9.47 Å². The summed E-state index contributed by atoms with van der Waals surface area (Å²) >= 11 is 0. The van der Waals surface area contributed by atoms with Crippen molar-refractivity contribution in [3.63, 3.8) is 0 Å². The molecule has 154 valence electrons. The summed E-state index contributed by atoms with van der Waals surface area (Å²) in [5, 5.41) is 0. The fraction of sp³-hybridized carbons (Fsp3) is 0.160. The van der Waals surface area contributed by atoms with Crippen LogP contribution in [0.1, 0.15) is 21.8 Å². The first-order chi connectivity index (χ1) is 15.3. The van der Waals surface area contributed by atoms with Gasteiger partial charge in [-0.3, -0.25) is 9.78 Å². The molecule has 6 nitrogen and oxygen atoms in total. The van der Waals surface area contributed by atoms with Gasteiger partial charge in [-0.25, -0.2) is 4.98 Å². The molecule has 0 N–H and O–H groups in total. The van der Waals surface area contributed by atoms with Crippen molar-refractivity contribution >= 4 is 5.78 Å². The van der Waals surface area contributed by atoms with Gasteiger partial charge in [-0.05, 0) is 35.7 Å². The van der Waals surface area contributed by atoms with E-state index in [1.54, 1.807) is 6.20 Å². The molecule has 4 aromatic rings. The first-order valence-corrected chi connectivity index (χ1v) is 10.1. The van der Waals surface area contributed by atoms with Crippen molar-refractivity contribution in [2.24, 2.45) is 5.92 Å². The molecule has 0 spiro atoms. The number of benzene rings is 2. The highest BCUT2D eigenvalue weighted by Gasteiger charge is 2.30. The Bertz CT molecular complexity index is 1190. The second-order valence-corrected chi connectivity index (χ2v) is 7.36. The molecule has 0 bridgehead atoms. The SMILES string of the molecule is O=C(c1ncc(-c2ccccn2)o1)[C@@H]1COc2cc(OCc3ccccc3)ccc2C1. The molecule has 0 amide bonds. The van der Waals surface area contributed by atoms with E-state index in [-0.39, 0.29) is 24.2 Å². The van der Waals surface area contributed by atoms with Crippen molar-refractivity contribution < 1.29 is 18.7 Å². The average Bonchev–Trinajstić information content (AvgIpc) is 3.33. The van der Waals surface area contributed by atoms with Crippen LogP contribution in [0.2, 0.25) is 0 Å². The van der Waals surface area contributed by atoms with Crippen LogP contribution in [-0.4, -0.2) is 22.4 Å². The molecule has 0 unspecified atom stereocenters. The third kappa shape index (κ3) is 4.19.